The molecule has 0 aromatic rings. The molecule has 1 aliphatic carbocycles. The number of hydrogen-bond donors (Lipinski definition) is 2. The summed E-state index contributed by atoms with van der Waals surface area (Å²) in [5.41, 5.74) is 0. The van der Waals surface area contributed by atoms with Crippen molar-refractivity contribution in [3.05, 3.63) is 0 Å². The van der Waals surface area contributed by atoms with Crippen molar-refractivity contribution in [2.24, 2.45) is 0 Å². The first kappa shape index (κ1) is 12.5. The van der Waals surface area contributed by atoms with Crippen LogP contribution in [0.4, 0.5) is 0 Å². The number of nitrogens with one attached hydrogen (secondary N) is 1. The lowest BCUT2D eigenvalue weighted by Crippen LogP contribution is -2.46. The molecule has 88 valence electrons. The van der Waals surface area contributed by atoms with Gasteiger partial charge in [-0.25, -0.2) is 0 Å². The standard InChI is InChI=1S/C11H22N2O2/c1-3-13(2)11(15)8-12-9-6-4-5-7-10(9)14/h9-10,12,14H,3-8H2,1-2H3/t9-,10-/m1/s1. The molecule has 0 bridgehead atoms. The molecule has 2 atom stereocenters. The zero-order chi connectivity index (χ0) is 11.3. The molecular formula is C11H22N2O2. The smallest absolute Gasteiger partial charge is 0.236 e. The summed E-state index contributed by atoms with van der Waals surface area (Å²) in [6, 6.07) is 0.105. The molecule has 0 unspecified atom stereocenters. The molecule has 1 amide bonds. The minimum absolute atomic E-state index is 0.0928. The second-order valence-electron chi connectivity index (χ2n) is 4.25. The van der Waals surface area contributed by atoms with E-state index in [2.05, 4.69) is 5.32 Å². The highest BCUT2D eigenvalue weighted by molar-refractivity contribution is 5.77. The predicted molar refractivity (Wildman–Crippen MR) is 59.6 cm³/mol. The molecule has 0 aromatic heterocycles. The highest BCUT2D eigenvalue weighted by atomic mass is 16.3. The third-order valence-electron chi connectivity index (χ3n) is 3.15. The molecule has 0 aliphatic heterocycles. The van der Waals surface area contributed by atoms with Crippen molar-refractivity contribution in [3.8, 4) is 0 Å². The van der Waals surface area contributed by atoms with Gasteiger partial charge in [-0.1, -0.05) is 12.8 Å². The lowest BCUT2D eigenvalue weighted by atomic mass is 9.92. The number of carbonyl (C=O) groups excluding carboxylic acids is 1. The van der Waals surface area contributed by atoms with Crippen LogP contribution in [0.25, 0.3) is 0 Å². The molecule has 4 nitrogen and oxygen atoms in total. The van der Waals surface area contributed by atoms with Gasteiger partial charge in [0.15, 0.2) is 0 Å². The molecule has 1 aliphatic rings. The molecule has 0 spiro atoms. The summed E-state index contributed by atoms with van der Waals surface area (Å²) in [6.45, 7) is 3.02. The van der Waals surface area contributed by atoms with Crippen molar-refractivity contribution >= 4 is 5.91 Å². The zero-order valence-corrected chi connectivity index (χ0v) is 9.70. The Balaban J connectivity index is 2.26. The van der Waals surface area contributed by atoms with Gasteiger partial charge in [-0.15, -0.1) is 0 Å². The summed E-state index contributed by atoms with van der Waals surface area (Å²) < 4.78 is 0. The molecule has 2 N–H and O–H groups in total. The first-order chi connectivity index (χ1) is 7.15. The number of amides is 1. The number of aliphatic hydroxyl groups excluding tert-OH is 1. The summed E-state index contributed by atoms with van der Waals surface area (Å²) in [4.78, 5) is 13.2. The third-order valence-corrected chi connectivity index (χ3v) is 3.15. The molecule has 0 saturated heterocycles. The number of likely N-dealkylation sites (N-methyl/N-ethyl adjacent to an activating group) is 1. The van der Waals surface area contributed by atoms with E-state index >= 15 is 0 Å². The van der Waals surface area contributed by atoms with Gasteiger partial charge in [-0.2, -0.15) is 0 Å². The summed E-state index contributed by atoms with van der Waals surface area (Å²) in [7, 11) is 1.79. The number of nitrogens with zero attached hydrogens (tertiary/aromatic N) is 1. The average Bonchev–Trinajstić information content (AvgIpc) is 2.26. The third kappa shape index (κ3) is 3.80. The molecule has 4 heteroatoms. The highest BCUT2D eigenvalue weighted by Crippen LogP contribution is 2.17. The van der Waals surface area contributed by atoms with Gasteiger partial charge in [0.2, 0.25) is 5.91 Å². The minimum atomic E-state index is -0.279. The number of rotatable bonds is 4. The summed E-state index contributed by atoms with van der Waals surface area (Å²) in [5.74, 6) is 0.0928. The number of hydrogen-bond acceptors (Lipinski definition) is 3. The van der Waals surface area contributed by atoms with Crippen molar-refractivity contribution in [2.75, 3.05) is 20.1 Å². The maximum Gasteiger partial charge on any atom is 0.236 e. The van der Waals surface area contributed by atoms with E-state index in [-0.39, 0.29) is 18.1 Å². The SMILES string of the molecule is CCN(C)C(=O)CN[C@@H]1CCCC[C@H]1O. The van der Waals surface area contributed by atoms with Crippen LogP contribution in [0, 0.1) is 0 Å². The van der Waals surface area contributed by atoms with Gasteiger partial charge in [-0.05, 0) is 19.8 Å². The van der Waals surface area contributed by atoms with E-state index in [0.717, 1.165) is 32.2 Å². The topological polar surface area (TPSA) is 52.6 Å². The van der Waals surface area contributed by atoms with Crippen LogP contribution in [-0.4, -0.2) is 48.2 Å². The zero-order valence-electron chi connectivity index (χ0n) is 9.70. The Morgan fingerprint density at radius 1 is 1.47 bits per heavy atom. The summed E-state index contributed by atoms with van der Waals surface area (Å²) in [6.07, 6.45) is 3.80. The van der Waals surface area contributed by atoms with Crippen LogP contribution in [0.5, 0.6) is 0 Å². The molecule has 0 radical (unpaired) electrons. The van der Waals surface area contributed by atoms with Gasteiger partial charge in [0, 0.05) is 19.6 Å². The monoisotopic (exact) mass is 214 g/mol. The van der Waals surface area contributed by atoms with Crippen molar-refractivity contribution in [1.29, 1.82) is 0 Å². The molecule has 1 rings (SSSR count). The fourth-order valence-electron chi connectivity index (χ4n) is 1.88. The fourth-order valence-corrected chi connectivity index (χ4v) is 1.88. The maximum absolute atomic E-state index is 11.5. The van der Waals surface area contributed by atoms with Crippen molar-refractivity contribution in [1.82, 2.24) is 10.2 Å². The van der Waals surface area contributed by atoms with E-state index in [1.54, 1.807) is 11.9 Å². The van der Waals surface area contributed by atoms with Crippen molar-refractivity contribution in [2.45, 2.75) is 44.8 Å². The van der Waals surface area contributed by atoms with Crippen LogP contribution in [0.2, 0.25) is 0 Å². The Labute approximate surface area is 91.6 Å². The largest absolute Gasteiger partial charge is 0.392 e. The average molecular weight is 214 g/mol. The molecule has 15 heavy (non-hydrogen) atoms. The minimum Gasteiger partial charge on any atom is -0.392 e. The Hall–Kier alpha value is -0.610. The fraction of sp³-hybridized carbons (Fsp3) is 0.909. The Bertz CT molecular complexity index is 209. The van der Waals surface area contributed by atoms with Gasteiger partial charge in [0.1, 0.15) is 0 Å². The normalized spacial score (nSPS) is 26.3. The van der Waals surface area contributed by atoms with Gasteiger partial charge >= 0.3 is 0 Å². The van der Waals surface area contributed by atoms with Crippen LogP contribution in [0.3, 0.4) is 0 Å². The Morgan fingerprint density at radius 3 is 2.73 bits per heavy atom. The van der Waals surface area contributed by atoms with Crippen LogP contribution in [0.1, 0.15) is 32.6 Å². The molecule has 1 fully saturated rings. The number of aliphatic hydroxyl groups is 1. The molecular weight excluding hydrogens is 192 g/mol. The van der Waals surface area contributed by atoms with E-state index < -0.39 is 0 Å². The van der Waals surface area contributed by atoms with Gasteiger partial charge < -0.3 is 15.3 Å². The van der Waals surface area contributed by atoms with Crippen molar-refractivity contribution in [3.63, 3.8) is 0 Å². The van der Waals surface area contributed by atoms with Gasteiger partial charge in [0.05, 0.1) is 12.6 Å². The maximum atomic E-state index is 11.5. The van der Waals surface area contributed by atoms with Crippen LogP contribution in [-0.2, 0) is 4.79 Å². The van der Waals surface area contributed by atoms with Crippen LogP contribution in [0.15, 0.2) is 0 Å². The molecule has 0 heterocycles. The molecule has 0 aromatic carbocycles. The first-order valence-electron chi connectivity index (χ1n) is 5.80. The van der Waals surface area contributed by atoms with Gasteiger partial charge in [0.25, 0.3) is 0 Å². The van der Waals surface area contributed by atoms with Crippen LogP contribution >= 0.6 is 0 Å². The Kier molecular flexibility index (Phi) is 5.05. The number of carbonyl (C=O) groups is 1. The van der Waals surface area contributed by atoms with E-state index in [9.17, 15) is 9.90 Å². The summed E-state index contributed by atoms with van der Waals surface area (Å²) >= 11 is 0. The Morgan fingerprint density at radius 2 is 2.13 bits per heavy atom. The van der Waals surface area contributed by atoms with E-state index in [4.69, 9.17) is 0 Å². The van der Waals surface area contributed by atoms with Crippen LogP contribution < -0.4 is 5.32 Å². The lowest BCUT2D eigenvalue weighted by Gasteiger charge is -2.28. The second-order valence-corrected chi connectivity index (χ2v) is 4.25. The first-order valence-corrected chi connectivity index (χ1v) is 5.80. The van der Waals surface area contributed by atoms with Crippen molar-refractivity contribution < 1.29 is 9.90 Å². The van der Waals surface area contributed by atoms with Gasteiger partial charge in [-0.3, -0.25) is 4.79 Å². The second kappa shape index (κ2) is 6.08. The molecule has 1 saturated carbocycles. The predicted octanol–water partition coefficient (Wildman–Crippen LogP) is 0.358. The van der Waals surface area contributed by atoms with E-state index in [1.807, 2.05) is 6.92 Å². The van der Waals surface area contributed by atoms with E-state index in [0.29, 0.717) is 6.54 Å². The quantitative estimate of drug-likeness (QED) is 0.710. The van der Waals surface area contributed by atoms with E-state index in [1.165, 1.54) is 0 Å². The lowest BCUT2D eigenvalue weighted by molar-refractivity contribution is -0.129. The summed E-state index contributed by atoms with van der Waals surface area (Å²) in [5, 5.41) is 12.8. The highest BCUT2D eigenvalue weighted by Gasteiger charge is 2.23.